The number of sulfonamides is 1. The molecule has 0 saturated carbocycles. The lowest BCUT2D eigenvalue weighted by Gasteiger charge is -2.17. The van der Waals surface area contributed by atoms with Crippen molar-refractivity contribution in [2.75, 3.05) is 20.2 Å². The molecule has 0 radical (unpaired) electrons. The van der Waals surface area contributed by atoms with E-state index in [9.17, 15) is 23.3 Å². The minimum absolute atomic E-state index is 0.00708. The number of rotatable bonds is 8. The lowest BCUT2D eigenvalue weighted by molar-refractivity contribution is -0.384. The average Bonchev–Trinajstić information content (AvgIpc) is 3.37. The van der Waals surface area contributed by atoms with E-state index < -0.39 is 21.0 Å². The number of carbonyl (C=O) groups excluding carboxylic acids is 1. The van der Waals surface area contributed by atoms with Gasteiger partial charge in [-0.25, -0.2) is 17.5 Å². The van der Waals surface area contributed by atoms with Crippen LogP contribution in [0.3, 0.4) is 0 Å². The number of fused-ring (bicyclic) bond motifs is 1. The number of H-pyrrole nitrogens is 1. The summed E-state index contributed by atoms with van der Waals surface area (Å²) in [6, 6.07) is 10.8. The molecule has 1 aliphatic rings. The van der Waals surface area contributed by atoms with Gasteiger partial charge in [0.1, 0.15) is 6.61 Å². The standard InChI is InChI=1S/C21H22N4O6S/c1-24(32(29,30)18-5-3-17(4-6-18)25(27)28)9-8-15-12-22-20-7-2-14(11-19(15)20)10-16-13-31-21(26)23-16/h2-7,11-12,16,22H,8-10,13H2,1H3,(H,23,26)/t16-/m0/s1. The predicted octanol–water partition coefficient (Wildman–Crippen LogP) is 2.59. The van der Waals surface area contributed by atoms with Crippen molar-refractivity contribution in [3.05, 3.63) is 69.9 Å². The van der Waals surface area contributed by atoms with Crippen LogP contribution in [0, 0.1) is 10.1 Å². The molecule has 10 nitrogen and oxygen atoms in total. The highest BCUT2D eigenvalue weighted by Crippen LogP contribution is 2.23. The van der Waals surface area contributed by atoms with Gasteiger partial charge in [0.2, 0.25) is 10.0 Å². The Morgan fingerprint density at radius 1 is 1.22 bits per heavy atom. The Kier molecular flexibility index (Phi) is 5.85. The molecule has 1 amide bonds. The average molecular weight is 458 g/mol. The number of aromatic nitrogens is 1. The molecule has 1 aromatic heterocycles. The molecular formula is C21H22N4O6S. The maximum absolute atomic E-state index is 12.8. The van der Waals surface area contributed by atoms with Crippen LogP contribution in [0.25, 0.3) is 10.9 Å². The number of nitrogens with zero attached hydrogens (tertiary/aromatic N) is 2. The Balaban J connectivity index is 1.46. The molecule has 2 N–H and O–H groups in total. The topological polar surface area (TPSA) is 135 Å². The van der Waals surface area contributed by atoms with E-state index >= 15 is 0 Å². The van der Waals surface area contributed by atoms with Gasteiger partial charge in [0.05, 0.1) is 15.9 Å². The second kappa shape index (κ2) is 8.60. The monoisotopic (exact) mass is 458 g/mol. The van der Waals surface area contributed by atoms with E-state index in [1.54, 1.807) is 0 Å². The first-order valence-electron chi connectivity index (χ1n) is 9.97. The highest BCUT2D eigenvalue weighted by molar-refractivity contribution is 7.89. The van der Waals surface area contributed by atoms with E-state index in [0.717, 1.165) is 22.0 Å². The zero-order chi connectivity index (χ0) is 22.9. The first-order valence-corrected chi connectivity index (χ1v) is 11.4. The van der Waals surface area contributed by atoms with E-state index in [-0.39, 0.29) is 23.2 Å². The SMILES string of the molecule is CN(CCc1c[nH]c2ccc(C[C@H]3COC(=O)N3)cc12)S(=O)(=O)c1ccc([N+](=O)[O-])cc1. The molecule has 11 heteroatoms. The van der Waals surface area contributed by atoms with E-state index in [2.05, 4.69) is 10.3 Å². The first-order chi connectivity index (χ1) is 15.2. The van der Waals surface area contributed by atoms with E-state index in [0.29, 0.717) is 19.4 Å². The molecule has 0 aliphatic carbocycles. The lowest BCUT2D eigenvalue weighted by Crippen LogP contribution is -2.29. The number of hydrogen-bond acceptors (Lipinski definition) is 6. The summed E-state index contributed by atoms with van der Waals surface area (Å²) < 4.78 is 31.8. The van der Waals surface area contributed by atoms with Gasteiger partial charge in [0, 0.05) is 42.8 Å². The van der Waals surface area contributed by atoms with E-state index in [1.165, 1.54) is 35.6 Å². The summed E-state index contributed by atoms with van der Waals surface area (Å²) in [6.07, 6.45) is 2.58. The summed E-state index contributed by atoms with van der Waals surface area (Å²) in [4.78, 5) is 24.7. The predicted molar refractivity (Wildman–Crippen MR) is 117 cm³/mol. The smallest absolute Gasteiger partial charge is 0.407 e. The molecule has 168 valence electrons. The number of likely N-dealkylation sites (N-methyl/N-ethyl adjacent to an activating group) is 1. The molecule has 32 heavy (non-hydrogen) atoms. The molecule has 0 bridgehead atoms. The Hall–Kier alpha value is -3.44. The molecule has 1 atom stereocenters. The third-order valence-electron chi connectivity index (χ3n) is 5.50. The van der Waals surface area contributed by atoms with Gasteiger partial charge in [0.15, 0.2) is 0 Å². The fourth-order valence-corrected chi connectivity index (χ4v) is 4.87. The number of nitrogens with one attached hydrogen (secondary N) is 2. The number of aromatic amines is 1. The third kappa shape index (κ3) is 4.43. The second-order valence-corrected chi connectivity index (χ2v) is 9.71. The lowest BCUT2D eigenvalue weighted by atomic mass is 10.0. The van der Waals surface area contributed by atoms with Crippen LogP contribution in [0.5, 0.6) is 0 Å². The van der Waals surface area contributed by atoms with Crippen LogP contribution in [0.2, 0.25) is 0 Å². The Morgan fingerprint density at radius 3 is 2.62 bits per heavy atom. The molecule has 0 spiro atoms. The maximum Gasteiger partial charge on any atom is 0.407 e. The van der Waals surface area contributed by atoms with Gasteiger partial charge in [-0.15, -0.1) is 0 Å². The first kappa shape index (κ1) is 21.8. The maximum atomic E-state index is 12.8. The normalized spacial score (nSPS) is 16.3. The molecule has 2 aromatic carbocycles. The summed E-state index contributed by atoms with van der Waals surface area (Å²) in [5.41, 5.74) is 2.79. The second-order valence-electron chi connectivity index (χ2n) is 7.67. The van der Waals surface area contributed by atoms with Crippen LogP contribution in [-0.2, 0) is 27.6 Å². The molecule has 4 rings (SSSR count). The van der Waals surface area contributed by atoms with Gasteiger partial charge in [-0.3, -0.25) is 10.1 Å². The fourth-order valence-electron chi connectivity index (χ4n) is 3.70. The van der Waals surface area contributed by atoms with Gasteiger partial charge in [-0.05, 0) is 48.2 Å². The summed E-state index contributed by atoms with van der Waals surface area (Å²) >= 11 is 0. The van der Waals surface area contributed by atoms with Crippen LogP contribution in [-0.4, -0.2) is 55.0 Å². The number of amides is 1. The Labute approximate surface area is 184 Å². The van der Waals surface area contributed by atoms with E-state index in [4.69, 9.17) is 4.74 Å². The van der Waals surface area contributed by atoms with Crippen LogP contribution in [0.4, 0.5) is 10.5 Å². The fraction of sp³-hybridized carbons (Fsp3) is 0.286. The zero-order valence-corrected chi connectivity index (χ0v) is 18.1. The van der Waals surface area contributed by atoms with Crippen molar-refractivity contribution < 1.29 is 22.9 Å². The highest BCUT2D eigenvalue weighted by atomic mass is 32.2. The number of non-ortho nitro benzene ring substituents is 1. The molecule has 3 aromatic rings. The summed E-state index contributed by atoms with van der Waals surface area (Å²) in [7, 11) is -2.28. The van der Waals surface area contributed by atoms with Crippen molar-refractivity contribution in [1.29, 1.82) is 0 Å². The van der Waals surface area contributed by atoms with Gasteiger partial charge in [-0.2, -0.15) is 0 Å². The Morgan fingerprint density at radius 2 is 1.97 bits per heavy atom. The number of benzene rings is 2. The number of nitro benzene ring substituents is 1. The van der Waals surface area contributed by atoms with Gasteiger partial charge in [0.25, 0.3) is 5.69 Å². The quantitative estimate of drug-likeness (QED) is 0.394. The molecule has 1 fully saturated rings. The van der Waals surface area contributed by atoms with Crippen molar-refractivity contribution in [3.63, 3.8) is 0 Å². The molecule has 1 aliphatic heterocycles. The summed E-state index contributed by atoms with van der Waals surface area (Å²) in [5, 5.41) is 14.5. The number of nitro groups is 1. The van der Waals surface area contributed by atoms with Gasteiger partial charge >= 0.3 is 6.09 Å². The largest absolute Gasteiger partial charge is 0.447 e. The zero-order valence-electron chi connectivity index (χ0n) is 17.3. The van der Waals surface area contributed by atoms with Crippen molar-refractivity contribution in [2.45, 2.75) is 23.8 Å². The number of ether oxygens (including phenoxy) is 1. The number of cyclic esters (lactones) is 1. The van der Waals surface area contributed by atoms with Crippen molar-refractivity contribution >= 4 is 32.7 Å². The number of alkyl carbamates (subject to hydrolysis) is 1. The number of carbonyl (C=O) groups is 1. The minimum atomic E-state index is -3.77. The molecule has 1 saturated heterocycles. The number of hydrogen-bond donors (Lipinski definition) is 2. The molecule has 2 heterocycles. The van der Waals surface area contributed by atoms with Crippen molar-refractivity contribution in [1.82, 2.24) is 14.6 Å². The van der Waals surface area contributed by atoms with E-state index in [1.807, 2.05) is 24.4 Å². The van der Waals surface area contributed by atoms with Crippen LogP contribution in [0.1, 0.15) is 11.1 Å². The van der Waals surface area contributed by atoms with Crippen LogP contribution in [0.15, 0.2) is 53.6 Å². The third-order valence-corrected chi connectivity index (χ3v) is 7.37. The summed E-state index contributed by atoms with van der Waals surface area (Å²) in [6.45, 7) is 0.575. The van der Waals surface area contributed by atoms with Crippen LogP contribution >= 0.6 is 0 Å². The van der Waals surface area contributed by atoms with Crippen LogP contribution < -0.4 is 5.32 Å². The van der Waals surface area contributed by atoms with Gasteiger partial charge < -0.3 is 15.0 Å². The summed E-state index contributed by atoms with van der Waals surface area (Å²) in [5.74, 6) is 0. The minimum Gasteiger partial charge on any atom is -0.447 e. The van der Waals surface area contributed by atoms with Crippen molar-refractivity contribution in [2.24, 2.45) is 0 Å². The molecular weight excluding hydrogens is 436 g/mol. The Bertz CT molecular complexity index is 1270. The van der Waals surface area contributed by atoms with Crippen molar-refractivity contribution in [3.8, 4) is 0 Å². The van der Waals surface area contributed by atoms with Gasteiger partial charge in [-0.1, -0.05) is 6.07 Å². The molecule has 0 unspecified atom stereocenters. The highest BCUT2D eigenvalue weighted by Gasteiger charge is 2.23.